The number of carbonyl (C=O) groups is 1. The van der Waals surface area contributed by atoms with Crippen LogP contribution in [0.15, 0.2) is 12.1 Å². The molecule has 1 amide bonds. The Morgan fingerprint density at radius 2 is 2.10 bits per heavy atom. The summed E-state index contributed by atoms with van der Waals surface area (Å²) in [7, 11) is 0. The first-order chi connectivity index (χ1) is 9.56. The van der Waals surface area contributed by atoms with Gasteiger partial charge in [0.05, 0.1) is 16.1 Å². The van der Waals surface area contributed by atoms with Gasteiger partial charge in [0.15, 0.2) is 4.77 Å². The number of carbonyl (C=O) groups excluding carboxylic acids is 1. The lowest BCUT2D eigenvalue weighted by atomic mass is 10.3. The molecule has 7 heteroatoms. The number of likely N-dealkylation sites (tertiary alicyclic amines) is 1. The molecule has 1 N–H and O–H groups in total. The normalized spacial score (nSPS) is 15.2. The third-order valence-electron chi connectivity index (χ3n) is 3.57. The molecule has 1 aromatic heterocycles. The van der Waals surface area contributed by atoms with Crippen LogP contribution in [0.5, 0.6) is 0 Å². The van der Waals surface area contributed by atoms with Crippen molar-refractivity contribution in [2.45, 2.75) is 19.4 Å². The topological polar surface area (TPSA) is 41.0 Å². The van der Waals surface area contributed by atoms with Gasteiger partial charge in [0.2, 0.25) is 5.91 Å². The van der Waals surface area contributed by atoms with Gasteiger partial charge in [-0.2, -0.15) is 0 Å². The van der Waals surface area contributed by atoms with Crippen LogP contribution in [0.2, 0.25) is 5.02 Å². The van der Waals surface area contributed by atoms with E-state index in [4.69, 9.17) is 23.8 Å². The number of benzene rings is 1. The summed E-state index contributed by atoms with van der Waals surface area (Å²) in [5.41, 5.74) is 1.19. The summed E-state index contributed by atoms with van der Waals surface area (Å²) in [6.45, 7) is 1.70. The summed E-state index contributed by atoms with van der Waals surface area (Å²) in [6.07, 6.45) is 2.07. The zero-order valence-corrected chi connectivity index (χ0v) is 12.2. The van der Waals surface area contributed by atoms with Gasteiger partial charge in [-0.1, -0.05) is 11.6 Å². The molecule has 2 heterocycles. The van der Waals surface area contributed by atoms with Gasteiger partial charge in [-0.25, -0.2) is 4.39 Å². The first kappa shape index (κ1) is 13.6. The fourth-order valence-electron chi connectivity index (χ4n) is 2.51. The predicted molar refractivity (Wildman–Crippen MR) is 77.9 cm³/mol. The van der Waals surface area contributed by atoms with Crippen LogP contribution in [0.25, 0.3) is 11.0 Å². The van der Waals surface area contributed by atoms with Crippen molar-refractivity contribution < 1.29 is 9.18 Å². The molecule has 0 spiro atoms. The van der Waals surface area contributed by atoms with Crippen molar-refractivity contribution in [1.82, 2.24) is 14.5 Å². The highest BCUT2D eigenvalue weighted by Gasteiger charge is 2.19. The molecule has 0 radical (unpaired) electrons. The number of aromatic nitrogens is 2. The van der Waals surface area contributed by atoms with E-state index in [-0.39, 0.29) is 17.5 Å². The van der Waals surface area contributed by atoms with Crippen molar-refractivity contribution in [1.29, 1.82) is 0 Å². The SMILES string of the molecule is O=C(Cn1c(=S)[nH]c2cc(Cl)c(F)cc21)N1CCCC1. The minimum atomic E-state index is -0.518. The van der Waals surface area contributed by atoms with Crippen LogP contribution < -0.4 is 0 Å². The number of nitrogens with one attached hydrogen (secondary N) is 1. The molecule has 1 aliphatic rings. The highest BCUT2D eigenvalue weighted by molar-refractivity contribution is 7.71. The van der Waals surface area contributed by atoms with Crippen LogP contribution in [0.4, 0.5) is 4.39 Å². The van der Waals surface area contributed by atoms with Crippen molar-refractivity contribution in [2.75, 3.05) is 13.1 Å². The molecule has 3 rings (SSSR count). The maximum Gasteiger partial charge on any atom is 0.242 e. The van der Waals surface area contributed by atoms with E-state index >= 15 is 0 Å². The molecule has 1 fully saturated rings. The fraction of sp³-hybridized carbons (Fsp3) is 0.385. The molecule has 0 unspecified atom stereocenters. The van der Waals surface area contributed by atoms with Gasteiger partial charge >= 0.3 is 0 Å². The zero-order valence-electron chi connectivity index (χ0n) is 10.7. The summed E-state index contributed by atoms with van der Waals surface area (Å²) in [6, 6.07) is 2.79. The van der Waals surface area contributed by atoms with Gasteiger partial charge in [0, 0.05) is 19.2 Å². The molecule has 0 aliphatic carbocycles. The number of aromatic amines is 1. The predicted octanol–water partition coefficient (Wildman–Crippen LogP) is 3.11. The Kier molecular flexibility index (Phi) is 3.52. The van der Waals surface area contributed by atoms with E-state index in [1.807, 2.05) is 4.90 Å². The molecule has 1 saturated heterocycles. The average molecular weight is 314 g/mol. The van der Waals surface area contributed by atoms with E-state index in [2.05, 4.69) is 4.98 Å². The Hall–Kier alpha value is -1.40. The number of hydrogen-bond acceptors (Lipinski definition) is 2. The Labute approximate surface area is 125 Å². The lowest BCUT2D eigenvalue weighted by Crippen LogP contribution is -2.31. The highest BCUT2D eigenvalue weighted by atomic mass is 35.5. The molecule has 1 aliphatic heterocycles. The fourth-order valence-corrected chi connectivity index (χ4v) is 2.95. The van der Waals surface area contributed by atoms with Gasteiger partial charge in [0.25, 0.3) is 0 Å². The summed E-state index contributed by atoms with van der Waals surface area (Å²) >= 11 is 10.9. The largest absolute Gasteiger partial charge is 0.341 e. The molecule has 0 atom stereocenters. The molecule has 1 aromatic carbocycles. The van der Waals surface area contributed by atoms with Gasteiger partial charge in [-0.15, -0.1) is 0 Å². The van der Waals surface area contributed by atoms with E-state index in [1.165, 1.54) is 12.1 Å². The maximum atomic E-state index is 13.6. The second-order valence-corrected chi connectivity index (χ2v) is 5.68. The number of halogens is 2. The Bertz CT molecular complexity index is 733. The van der Waals surface area contributed by atoms with Crippen molar-refractivity contribution >= 4 is 40.8 Å². The van der Waals surface area contributed by atoms with Crippen LogP contribution in [0, 0.1) is 10.6 Å². The highest BCUT2D eigenvalue weighted by Crippen LogP contribution is 2.23. The van der Waals surface area contributed by atoms with E-state index < -0.39 is 5.82 Å². The standard InChI is InChI=1S/C13H13ClFN3OS/c14-8-5-10-11(6-9(8)15)18(13(20)16-10)7-12(19)17-3-1-2-4-17/h5-6H,1-4,7H2,(H,16,20). The van der Waals surface area contributed by atoms with Crippen molar-refractivity contribution in [2.24, 2.45) is 0 Å². The molecular weight excluding hydrogens is 301 g/mol. The van der Waals surface area contributed by atoms with Crippen LogP contribution in [0.3, 0.4) is 0 Å². The van der Waals surface area contributed by atoms with E-state index in [0.29, 0.717) is 15.8 Å². The van der Waals surface area contributed by atoms with Crippen molar-refractivity contribution in [3.8, 4) is 0 Å². The van der Waals surface area contributed by atoms with Crippen molar-refractivity contribution in [3.05, 3.63) is 27.7 Å². The number of nitrogens with zero attached hydrogens (tertiary/aromatic N) is 2. The monoisotopic (exact) mass is 313 g/mol. The molecule has 0 bridgehead atoms. The number of imidazole rings is 1. The third-order valence-corrected chi connectivity index (χ3v) is 4.18. The number of fused-ring (bicyclic) bond motifs is 1. The lowest BCUT2D eigenvalue weighted by molar-refractivity contribution is -0.130. The molecular formula is C13H13ClFN3OS. The Morgan fingerprint density at radius 1 is 1.40 bits per heavy atom. The summed E-state index contributed by atoms with van der Waals surface area (Å²) < 4.78 is 15.6. The van der Waals surface area contributed by atoms with E-state index in [1.54, 1.807) is 4.57 Å². The van der Waals surface area contributed by atoms with E-state index in [9.17, 15) is 9.18 Å². The second-order valence-electron chi connectivity index (χ2n) is 4.89. The van der Waals surface area contributed by atoms with Crippen LogP contribution >= 0.6 is 23.8 Å². The Balaban J connectivity index is 1.98. The minimum absolute atomic E-state index is 0.00913. The molecule has 4 nitrogen and oxygen atoms in total. The maximum absolute atomic E-state index is 13.6. The molecule has 0 saturated carbocycles. The van der Waals surface area contributed by atoms with Crippen LogP contribution in [-0.2, 0) is 11.3 Å². The van der Waals surface area contributed by atoms with Gasteiger partial charge in [0.1, 0.15) is 12.4 Å². The Morgan fingerprint density at radius 3 is 2.80 bits per heavy atom. The quantitative estimate of drug-likeness (QED) is 0.866. The first-order valence-electron chi connectivity index (χ1n) is 6.41. The van der Waals surface area contributed by atoms with Gasteiger partial charge < -0.3 is 14.5 Å². The smallest absolute Gasteiger partial charge is 0.242 e. The third kappa shape index (κ3) is 2.33. The number of hydrogen-bond donors (Lipinski definition) is 1. The molecule has 106 valence electrons. The molecule has 2 aromatic rings. The van der Waals surface area contributed by atoms with E-state index in [0.717, 1.165) is 25.9 Å². The summed E-state index contributed by atoms with van der Waals surface area (Å²) in [5.74, 6) is -0.509. The first-order valence-corrected chi connectivity index (χ1v) is 7.20. The van der Waals surface area contributed by atoms with Gasteiger partial charge in [-0.05, 0) is 31.1 Å². The number of rotatable bonds is 2. The average Bonchev–Trinajstić information content (AvgIpc) is 3.01. The second kappa shape index (κ2) is 5.18. The molecule has 20 heavy (non-hydrogen) atoms. The van der Waals surface area contributed by atoms with Gasteiger partial charge in [-0.3, -0.25) is 4.79 Å². The number of H-pyrrole nitrogens is 1. The zero-order chi connectivity index (χ0) is 14.3. The lowest BCUT2D eigenvalue weighted by Gasteiger charge is -2.15. The minimum Gasteiger partial charge on any atom is -0.341 e. The summed E-state index contributed by atoms with van der Waals surface area (Å²) in [4.78, 5) is 16.9. The summed E-state index contributed by atoms with van der Waals surface area (Å²) in [5, 5.41) is 0.0340. The van der Waals surface area contributed by atoms with Crippen LogP contribution in [0.1, 0.15) is 12.8 Å². The van der Waals surface area contributed by atoms with Crippen molar-refractivity contribution in [3.63, 3.8) is 0 Å². The van der Waals surface area contributed by atoms with Crippen LogP contribution in [-0.4, -0.2) is 33.4 Å². The number of amides is 1.